The number of rotatable bonds is 5. The summed E-state index contributed by atoms with van der Waals surface area (Å²) in [5.74, 6) is -7.17. The molecule has 1 N–H and O–H groups in total. The van der Waals surface area contributed by atoms with Crippen LogP contribution in [0.1, 0.15) is 25.3 Å². The lowest BCUT2D eigenvalue weighted by Gasteiger charge is -2.37. The van der Waals surface area contributed by atoms with Crippen molar-refractivity contribution >= 4 is 23.4 Å². The predicted molar refractivity (Wildman–Crippen MR) is 87.9 cm³/mol. The fraction of sp³-hybridized carbons (Fsp3) is 0.529. The molecular formula is C17H20ClF3N2O2. The molecule has 0 spiro atoms. The minimum Gasteiger partial charge on any atom is -0.352 e. The van der Waals surface area contributed by atoms with Crippen molar-refractivity contribution in [3.8, 4) is 0 Å². The lowest BCUT2D eigenvalue weighted by Crippen LogP contribution is -2.51. The van der Waals surface area contributed by atoms with Crippen molar-refractivity contribution < 1.29 is 22.8 Å². The first-order chi connectivity index (χ1) is 11.8. The molecule has 1 fully saturated rings. The molecule has 0 aliphatic carbocycles. The van der Waals surface area contributed by atoms with Crippen LogP contribution in [0.2, 0.25) is 0 Å². The van der Waals surface area contributed by atoms with Crippen LogP contribution in [0.25, 0.3) is 0 Å². The van der Waals surface area contributed by atoms with Crippen LogP contribution in [-0.2, 0) is 15.5 Å². The molecule has 2 atom stereocenters. The van der Waals surface area contributed by atoms with E-state index in [4.69, 9.17) is 11.6 Å². The van der Waals surface area contributed by atoms with Gasteiger partial charge in [-0.1, -0.05) is 12.1 Å². The molecule has 2 unspecified atom stereocenters. The number of carbonyl (C=O) groups excluding carboxylic acids is 2. The van der Waals surface area contributed by atoms with Crippen LogP contribution in [0.5, 0.6) is 0 Å². The normalized spacial score (nSPS) is 19.4. The topological polar surface area (TPSA) is 49.4 Å². The number of nitrogens with zero attached hydrogens (tertiary/aromatic N) is 1. The number of carbonyl (C=O) groups is 2. The summed E-state index contributed by atoms with van der Waals surface area (Å²) in [6.07, 6.45) is 1.23. The molecular weight excluding hydrogens is 357 g/mol. The fourth-order valence-corrected chi connectivity index (χ4v) is 3.12. The summed E-state index contributed by atoms with van der Waals surface area (Å²) < 4.78 is 42.6. The van der Waals surface area contributed by atoms with E-state index in [2.05, 4.69) is 5.32 Å². The Bertz CT molecular complexity index is 642. The van der Waals surface area contributed by atoms with Crippen molar-refractivity contribution in [2.45, 2.75) is 31.7 Å². The molecule has 25 heavy (non-hydrogen) atoms. The SMILES string of the molecule is CC(NC(=O)CCl)C1CCCN(C(=O)C(F)(F)c2ccccc2F)C1. The Morgan fingerprint density at radius 2 is 2.08 bits per heavy atom. The largest absolute Gasteiger partial charge is 0.352 e. The Morgan fingerprint density at radius 3 is 2.72 bits per heavy atom. The maximum Gasteiger partial charge on any atom is 0.352 e. The van der Waals surface area contributed by atoms with Gasteiger partial charge in [-0.05, 0) is 37.8 Å². The zero-order valence-corrected chi connectivity index (χ0v) is 14.5. The predicted octanol–water partition coefficient (Wildman–Crippen LogP) is 2.90. The Balaban J connectivity index is 2.11. The highest BCUT2D eigenvalue weighted by atomic mass is 35.5. The molecule has 0 bridgehead atoms. The van der Waals surface area contributed by atoms with Crippen LogP contribution < -0.4 is 5.32 Å². The van der Waals surface area contributed by atoms with E-state index in [1.54, 1.807) is 6.92 Å². The lowest BCUT2D eigenvalue weighted by molar-refractivity contribution is -0.161. The average molecular weight is 377 g/mol. The molecule has 4 nitrogen and oxygen atoms in total. The highest BCUT2D eigenvalue weighted by Crippen LogP contribution is 2.33. The second kappa shape index (κ2) is 8.08. The summed E-state index contributed by atoms with van der Waals surface area (Å²) >= 11 is 5.45. The van der Waals surface area contributed by atoms with Gasteiger partial charge in [0.15, 0.2) is 0 Å². The van der Waals surface area contributed by atoms with Gasteiger partial charge in [-0.15, -0.1) is 11.6 Å². The van der Waals surface area contributed by atoms with E-state index in [0.717, 1.165) is 17.0 Å². The van der Waals surface area contributed by atoms with Gasteiger partial charge < -0.3 is 10.2 Å². The minimum absolute atomic E-state index is 0.0760. The molecule has 2 rings (SSSR count). The van der Waals surface area contributed by atoms with Crippen LogP contribution in [0.3, 0.4) is 0 Å². The van der Waals surface area contributed by atoms with Crippen LogP contribution in [0, 0.1) is 11.7 Å². The van der Waals surface area contributed by atoms with E-state index in [0.29, 0.717) is 12.8 Å². The van der Waals surface area contributed by atoms with E-state index >= 15 is 0 Å². The standard InChI is InChI=1S/C17H20ClF3N2O2/c1-11(22-15(24)9-18)12-5-4-8-23(10-12)16(25)17(20,21)13-6-2-3-7-14(13)19/h2-3,6-7,11-12H,4-5,8-10H2,1H3,(H,22,24). The smallest absolute Gasteiger partial charge is 0.352 e. The monoisotopic (exact) mass is 376 g/mol. The second-order valence-electron chi connectivity index (χ2n) is 6.20. The van der Waals surface area contributed by atoms with Gasteiger partial charge >= 0.3 is 5.92 Å². The summed E-state index contributed by atoms with van der Waals surface area (Å²) in [6, 6.07) is 4.07. The van der Waals surface area contributed by atoms with E-state index in [-0.39, 0.29) is 36.8 Å². The van der Waals surface area contributed by atoms with Crippen molar-refractivity contribution in [3.05, 3.63) is 35.6 Å². The minimum atomic E-state index is -3.93. The molecule has 2 amide bonds. The van der Waals surface area contributed by atoms with Crippen molar-refractivity contribution in [1.29, 1.82) is 0 Å². The number of benzene rings is 1. The lowest BCUT2D eigenvalue weighted by atomic mass is 9.91. The number of hydrogen-bond donors (Lipinski definition) is 1. The van der Waals surface area contributed by atoms with Crippen molar-refractivity contribution in [2.75, 3.05) is 19.0 Å². The Morgan fingerprint density at radius 1 is 1.40 bits per heavy atom. The molecule has 0 aromatic heterocycles. The molecule has 138 valence electrons. The van der Waals surface area contributed by atoms with E-state index in [1.807, 2.05) is 0 Å². The average Bonchev–Trinajstić information content (AvgIpc) is 2.61. The third kappa shape index (κ3) is 4.45. The summed E-state index contributed by atoms with van der Waals surface area (Å²) in [5, 5.41) is 2.68. The van der Waals surface area contributed by atoms with Gasteiger partial charge in [0.05, 0.1) is 5.56 Å². The first-order valence-corrected chi connectivity index (χ1v) is 8.58. The summed E-state index contributed by atoms with van der Waals surface area (Å²) in [7, 11) is 0. The molecule has 1 aromatic carbocycles. The zero-order valence-electron chi connectivity index (χ0n) is 13.8. The molecule has 1 aliphatic heterocycles. The maximum atomic E-state index is 14.5. The Kier molecular flexibility index (Phi) is 6.32. The van der Waals surface area contributed by atoms with Crippen LogP contribution in [0.4, 0.5) is 13.2 Å². The van der Waals surface area contributed by atoms with Crippen molar-refractivity contribution in [3.63, 3.8) is 0 Å². The third-order valence-corrected chi connectivity index (χ3v) is 4.69. The van der Waals surface area contributed by atoms with Crippen LogP contribution in [-0.4, -0.2) is 41.7 Å². The molecule has 8 heteroatoms. The summed E-state index contributed by atoms with van der Waals surface area (Å²) in [4.78, 5) is 24.7. The van der Waals surface area contributed by atoms with Gasteiger partial charge in [-0.2, -0.15) is 8.78 Å². The van der Waals surface area contributed by atoms with Gasteiger partial charge in [0, 0.05) is 19.1 Å². The Labute approximate surface area is 149 Å². The quantitative estimate of drug-likeness (QED) is 0.803. The highest BCUT2D eigenvalue weighted by Gasteiger charge is 2.46. The summed E-state index contributed by atoms with van der Waals surface area (Å²) in [5.41, 5.74) is -0.925. The van der Waals surface area contributed by atoms with E-state index in [1.165, 1.54) is 12.1 Å². The molecule has 0 radical (unpaired) electrons. The number of halogens is 4. The Hall–Kier alpha value is -1.76. The van der Waals surface area contributed by atoms with E-state index in [9.17, 15) is 22.8 Å². The molecule has 1 aromatic rings. The number of alkyl halides is 3. The molecule has 1 aliphatic rings. The van der Waals surface area contributed by atoms with Crippen LogP contribution >= 0.6 is 11.6 Å². The summed E-state index contributed by atoms with van der Waals surface area (Å²) in [6.45, 7) is 2.00. The van der Waals surface area contributed by atoms with Gasteiger partial charge in [0.1, 0.15) is 11.7 Å². The first kappa shape index (κ1) is 19.6. The fourth-order valence-electron chi connectivity index (χ4n) is 3.04. The number of piperidine rings is 1. The molecule has 0 saturated carbocycles. The van der Waals surface area contributed by atoms with Crippen molar-refractivity contribution in [2.24, 2.45) is 5.92 Å². The number of nitrogens with one attached hydrogen (secondary N) is 1. The van der Waals surface area contributed by atoms with Crippen molar-refractivity contribution in [1.82, 2.24) is 10.2 Å². The van der Waals surface area contributed by atoms with Crippen LogP contribution in [0.15, 0.2) is 24.3 Å². The van der Waals surface area contributed by atoms with E-state index < -0.39 is 23.2 Å². The molecule has 1 saturated heterocycles. The number of hydrogen-bond acceptors (Lipinski definition) is 2. The molecule has 1 heterocycles. The highest BCUT2D eigenvalue weighted by molar-refractivity contribution is 6.27. The maximum absolute atomic E-state index is 14.5. The van der Waals surface area contributed by atoms with Gasteiger partial charge in [0.25, 0.3) is 5.91 Å². The zero-order chi connectivity index (χ0) is 18.6. The van der Waals surface area contributed by atoms with Gasteiger partial charge in [0.2, 0.25) is 5.91 Å². The van der Waals surface area contributed by atoms with Gasteiger partial charge in [-0.3, -0.25) is 9.59 Å². The third-order valence-electron chi connectivity index (χ3n) is 4.44. The van der Waals surface area contributed by atoms with Gasteiger partial charge in [-0.25, -0.2) is 4.39 Å². The number of amides is 2. The first-order valence-electron chi connectivity index (χ1n) is 8.05. The second-order valence-corrected chi connectivity index (χ2v) is 6.46. The number of likely N-dealkylation sites (tertiary alicyclic amines) is 1.